The zero-order valence-corrected chi connectivity index (χ0v) is 12.9. The summed E-state index contributed by atoms with van der Waals surface area (Å²) in [5.41, 5.74) is 7.22. The molecular formula is C16H25N3O2. The van der Waals surface area contributed by atoms with Gasteiger partial charge in [-0.05, 0) is 31.1 Å². The van der Waals surface area contributed by atoms with E-state index in [4.69, 9.17) is 5.73 Å². The molecule has 5 nitrogen and oxygen atoms in total. The quantitative estimate of drug-likeness (QED) is 0.783. The summed E-state index contributed by atoms with van der Waals surface area (Å²) in [6, 6.07) is 5.92. The first-order chi connectivity index (χ1) is 10.1. The number of hydrogen-bond donors (Lipinski definition) is 2. The number of aromatic carboxylic acids is 1. The van der Waals surface area contributed by atoms with Crippen molar-refractivity contribution in [1.29, 1.82) is 0 Å². The van der Waals surface area contributed by atoms with E-state index in [1.165, 1.54) is 0 Å². The third-order valence-electron chi connectivity index (χ3n) is 4.37. The van der Waals surface area contributed by atoms with E-state index in [9.17, 15) is 9.90 Å². The lowest BCUT2D eigenvalue weighted by molar-refractivity contribution is 0.0696. The van der Waals surface area contributed by atoms with Crippen molar-refractivity contribution >= 4 is 11.7 Å². The van der Waals surface area contributed by atoms with E-state index < -0.39 is 5.97 Å². The zero-order valence-electron chi connectivity index (χ0n) is 12.9. The molecule has 2 rings (SSSR count). The fourth-order valence-corrected chi connectivity index (χ4v) is 3.25. The molecule has 0 aromatic heterocycles. The van der Waals surface area contributed by atoms with E-state index in [1.54, 1.807) is 6.07 Å². The van der Waals surface area contributed by atoms with Crippen LogP contribution in [0.5, 0.6) is 0 Å². The summed E-state index contributed by atoms with van der Waals surface area (Å²) in [5, 5.41) is 9.33. The Labute approximate surface area is 126 Å². The van der Waals surface area contributed by atoms with E-state index in [0.29, 0.717) is 18.3 Å². The number of rotatable bonds is 6. The summed E-state index contributed by atoms with van der Waals surface area (Å²) in [6.45, 7) is 9.16. The van der Waals surface area contributed by atoms with Gasteiger partial charge in [-0.15, -0.1) is 0 Å². The van der Waals surface area contributed by atoms with Crippen molar-refractivity contribution in [3.8, 4) is 0 Å². The first-order valence-corrected chi connectivity index (χ1v) is 7.63. The molecule has 5 heteroatoms. The first kappa shape index (κ1) is 15.8. The van der Waals surface area contributed by atoms with E-state index >= 15 is 0 Å². The van der Waals surface area contributed by atoms with E-state index in [2.05, 4.69) is 23.6 Å². The molecule has 1 unspecified atom stereocenters. The maximum Gasteiger partial charge on any atom is 0.338 e. The van der Waals surface area contributed by atoms with Crippen molar-refractivity contribution in [3.05, 3.63) is 29.3 Å². The van der Waals surface area contributed by atoms with E-state index in [1.807, 2.05) is 12.1 Å². The molecule has 0 aliphatic carbocycles. The Hall–Kier alpha value is -1.59. The highest BCUT2D eigenvalue weighted by atomic mass is 16.4. The summed E-state index contributed by atoms with van der Waals surface area (Å²) in [4.78, 5) is 16.2. The van der Waals surface area contributed by atoms with Crippen LogP contribution < -0.4 is 5.73 Å². The van der Waals surface area contributed by atoms with Crippen LogP contribution in [-0.2, 0) is 6.54 Å². The number of likely N-dealkylation sites (tertiary alicyclic amines) is 1. The van der Waals surface area contributed by atoms with Gasteiger partial charge in [0.2, 0.25) is 0 Å². The molecule has 1 saturated heterocycles. The van der Waals surface area contributed by atoms with Gasteiger partial charge in [0.1, 0.15) is 0 Å². The molecule has 116 valence electrons. The highest BCUT2D eigenvalue weighted by Crippen LogP contribution is 2.22. The number of nitrogens with two attached hydrogens (primary N) is 1. The van der Waals surface area contributed by atoms with Crippen molar-refractivity contribution in [3.63, 3.8) is 0 Å². The number of nitrogens with zero attached hydrogens (tertiary/aromatic N) is 2. The van der Waals surface area contributed by atoms with Gasteiger partial charge in [-0.3, -0.25) is 9.80 Å². The number of anilines is 1. The fraction of sp³-hybridized carbons (Fsp3) is 0.562. The molecule has 1 fully saturated rings. The van der Waals surface area contributed by atoms with Crippen molar-refractivity contribution in [2.45, 2.75) is 32.9 Å². The predicted molar refractivity (Wildman–Crippen MR) is 84.4 cm³/mol. The number of carbonyl (C=O) groups is 1. The van der Waals surface area contributed by atoms with Crippen molar-refractivity contribution in [2.75, 3.05) is 31.9 Å². The van der Waals surface area contributed by atoms with Crippen LogP contribution >= 0.6 is 0 Å². The third-order valence-corrected chi connectivity index (χ3v) is 4.37. The lowest BCUT2D eigenvalue weighted by Gasteiger charge is -2.26. The van der Waals surface area contributed by atoms with Crippen LogP contribution in [0.15, 0.2) is 18.2 Å². The molecular weight excluding hydrogens is 266 g/mol. The molecule has 0 bridgehead atoms. The predicted octanol–water partition coefficient (Wildman–Crippen LogP) is 1.88. The summed E-state index contributed by atoms with van der Waals surface area (Å²) in [7, 11) is 0. The Bertz CT molecular complexity index is 500. The summed E-state index contributed by atoms with van der Waals surface area (Å²) in [6.07, 6.45) is 1.15. The molecule has 1 aromatic carbocycles. The Morgan fingerprint density at radius 3 is 2.76 bits per heavy atom. The molecule has 0 saturated carbocycles. The van der Waals surface area contributed by atoms with Gasteiger partial charge < -0.3 is 10.8 Å². The number of nitrogen functional groups attached to an aromatic ring is 1. The summed E-state index contributed by atoms with van der Waals surface area (Å²) >= 11 is 0. The molecule has 21 heavy (non-hydrogen) atoms. The van der Waals surface area contributed by atoms with Crippen molar-refractivity contribution in [1.82, 2.24) is 9.80 Å². The second-order valence-corrected chi connectivity index (χ2v) is 5.59. The highest BCUT2D eigenvalue weighted by molar-refractivity contribution is 5.95. The SMILES string of the molecule is CCN(CC)C1CCN(Cc2cccc(N)c2C(=O)O)C1. The summed E-state index contributed by atoms with van der Waals surface area (Å²) in [5.74, 6) is -0.942. The number of carboxylic acid groups (broad SMARTS) is 1. The average molecular weight is 291 g/mol. The number of carboxylic acids is 1. The Morgan fingerprint density at radius 1 is 1.43 bits per heavy atom. The lowest BCUT2D eigenvalue weighted by Crippen LogP contribution is -2.37. The molecule has 3 N–H and O–H groups in total. The second kappa shape index (κ2) is 6.91. The number of likely N-dealkylation sites (N-methyl/N-ethyl adjacent to an activating group) is 1. The minimum absolute atomic E-state index is 0.254. The van der Waals surface area contributed by atoms with Gasteiger partial charge in [0.25, 0.3) is 0 Å². The normalized spacial score (nSPS) is 19.3. The van der Waals surface area contributed by atoms with Crippen molar-refractivity contribution < 1.29 is 9.90 Å². The molecule has 1 heterocycles. The van der Waals surface area contributed by atoms with E-state index in [0.717, 1.165) is 38.2 Å². The average Bonchev–Trinajstić information content (AvgIpc) is 2.88. The molecule has 1 aliphatic rings. The second-order valence-electron chi connectivity index (χ2n) is 5.59. The maximum absolute atomic E-state index is 11.4. The Morgan fingerprint density at radius 2 is 2.14 bits per heavy atom. The number of benzene rings is 1. The van der Waals surface area contributed by atoms with Gasteiger partial charge in [0.05, 0.1) is 5.56 Å². The fourth-order valence-electron chi connectivity index (χ4n) is 3.25. The van der Waals surface area contributed by atoms with Gasteiger partial charge in [-0.25, -0.2) is 4.79 Å². The van der Waals surface area contributed by atoms with Gasteiger partial charge in [0, 0.05) is 31.4 Å². The topological polar surface area (TPSA) is 69.8 Å². The molecule has 0 amide bonds. The minimum atomic E-state index is -0.942. The zero-order chi connectivity index (χ0) is 15.4. The number of hydrogen-bond acceptors (Lipinski definition) is 4. The Kier molecular flexibility index (Phi) is 5.20. The standard InChI is InChI=1S/C16H25N3O2/c1-3-19(4-2)13-8-9-18(11-13)10-12-6-5-7-14(17)15(12)16(20)21/h5-7,13H,3-4,8-11,17H2,1-2H3,(H,20,21). The van der Waals surface area contributed by atoms with Gasteiger partial charge in [-0.2, -0.15) is 0 Å². The minimum Gasteiger partial charge on any atom is -0.478 e. The smallest absolute Gasteiger partial charge is 0.338 e. The van der Waals surface area contributed by atoms with Crippen molar-refractivity contribution in [2.24, 2.45) is 0 Å². The van der Waals surface area contributed by atoms with Crippen LogP contribution in [0.1, 0.15) is 36.2 Å². The molecule has 1 atom stereocenters. The molecule has 1 aliphatic heterocycles. The van der Waals surface area contributed by atoms with E-state index in [-0.39, 0.29) is 5.56 Å². The highest BCUT2D eigenvalue weighted by Gasteiger charge is 2.27. The van der Waals surface area contributed by atoms with Crippen LogP contribution in [0.2, 0.25) is 0 Å². The Balaban J connectivity index is 2.07. The van der Waals surface area contributed by atoms with Gasteiger partial charge in [0.15, 0.2) is 0 Å². The largest absolute Gasteiger partial charge is 0.478 e. The molecule has 0 radical (unpaired) electrons. The van der Waals surface area contributed by atoms with Crippen LogP contribution in [0.25, 0.3) is 0 Å². The summed E-state index contributed by atoms with van der Waals surface area (Å²) < 4.78 is 0. The molecule has 0 spiro atoms. The maximum atomic E-state index is 11.4. The van der Waals surface area contributed by atoms with Crippen LogP contribution in [-0.4, -0.2) is 53.1 Å². The van der Waals surface area contributed by atoms with Gasteiger partial charge >= 0.3 is 5.97 Å². The monoisotopic (exact) mass is 291 g/mol. The first-order valence-electron chi connectivity index (χ1n) is 7.63. The molecule has 1 aromatic rings. The third kappa shape index (κ3) is 3.54. The van der Waals surface area contributed by atoms with Crippen LogP contribution in [0, 0.1) is 0 Å². The van der Waals surface area contributed by atoms with Gasteiger partial charge in [-0.1, -0.05) is 26.0 Å². The van der Waals surface area contributed by atoms with Crippen LogP contribution in [0.3, 0.4) is 0 Å². The lowest BCUT2D eigenvalue weighted by atomic mass is 10.1. The van der Waals surface area contributed by atoms with Crippen LogP contribution in [0.4, 0.5) is 5.69 Å².